The quantitative estimate of drug-likeness (QED) is 0.430. The monoisotopic (exact) mass is 476 g/mol. The van der Waals surface area contributed by atoms with E-state index in [1.54, 1.807) is 10.9 Å². The summed E-state index contributed by atoms with van der Waals surface area (Å²) in [6.07, 6.45) is 1.94. The number of rotatable bonds is 6. The maximum Gasteiger partial charge on any atom is 0.278 e. The molecule has 0 saturated carbocycles. The summed E-state index contributed by atoms with van der Waals surface area (Å²) >= 11 is 0. The summed E-state index contributed by atoms with van der Waals surface area (Å²) in [5, 5.41) is 2.26. The predicted octanol–water partition coefficient (Wildman–Crippen LogP) is 2.57. The summed E-state index contributed by atoms with van der Waals surface area (Å²) < 4.78 is 20.8. The van der Waals surface area contributed by atoms with Crippen molar-refractivity contribution in [3.05, 3.63) is 83.7 Å². The van der Waals surface area contributed by atoms with Crippen LogP contribution in [0.3, 0.4) is 0 Å². The number of imidazole rings is 1. The Morgan fingerprint density at radius 2 is 1.71 bits per heavy atom. The van der Waals surface area contributed by atoms with Crippen molar-refractivity contribution < 1.29 is 13.9 Å². The van der Waals surface area contributed by atoms with E-state index in [1.807, 2.05) is 12.1 Å². The van der Waals surface area contributed by atoms with E-state index in [0.717, 1.165) is 0 Å². The van der Waals surface area contributed by atoms with Gasteiger partial charge >= 0.3 is 0 Å². The van der Waals surface area contributed by atoms with Crippen LogP contribution in [0.1, 0.15) is 27.0 Å². The molecule has 0 radical (unpaired) electrons. The minimum Gasteiger partial charge on any atom is -0.402 e. The van der Waals surface area contributed by atoms with E-state index < -0.39 is 20.8 Å². The zero-order chi connectivity index (χ0) is 23.8. The molecule has 0 amide bonds. The van der Waals surface area contributed by atoms with Crippen molar-refractivity contribution in [2.24, 2.45) is 0 Å². The number of hydrogen-bond acceptors (Lipinski definition) is 6. The third kappa shape index (κ3) is 3.90. The molecule has 0 bridgehead atoms. The van der Waals surface area contributed by atoms with Gasteiger partial charge in [-0.1, -0.05) is 81.4 Å². The van der Waals surface area contributed by atoms with Crippen LogP contribution in [0.25, 0.3) is 11.2 Å². The van der Waals surface area contributed by atoms with E-state index in [1.165, 1.54) is 16.7 Å². The second kappa shape index (κ2) is 8.92. The van der Waals surface area contributed by atoms with Crippen LogP contribution in [0.4, 0.5) is 0 Å². The minimum absolute atomic E-state index is 0.140. The Hall–Kier alpha value is -3.11. The number of aromatic nitrogens is 4. The Morgan fingerprint density at radius 3 is 2.32 bits per heavy atom. The van der Waals surface area contributed by atoms with Gasteiger partial charge in [-0.05, 0) is 15.4 Å². The fraction of sp³-hybridized carbons (Fsp3) is 0.320. The van der Waals surface area contributed by atoms with Gasteiger partial charge in [0.15, 0.2) is 23.7 Å². The topological polar surface area (TPSA) is 91.3 Å². The number of benzene rings is 2. The van der Waals surface area contributed by atoms with Crippen LogP contribution >= 0.6 is 0 Å². The Bertz CT molecular complexity index is 1280. The number of ether oxygens (including phenoxy) is 2. The number of H-pyrrole nitrogens is 1. The molecule has 1 N–H and O–H groups in total. The number of hydrogen-bond donors (Lipinski definition) is 1. The minimum atomic E-state index is -2.69. The average Bonchev–Trinajstić information content (AvgIpc) is 3.48. The van der Waals surface area contributed by atoms with Gasteiger partial charge in [0.1, 0.15) is 0 Å². The normalized spacial score (nSPS) is 19.0. The fourth-order valence-corrected chi connectivity index (χ4v) is 9.25. The molecule has 0 unspecified atom stereocenters. The second-order valence-electron chi connectivity index (χ2n) is 9.38. The molecule has 4 aromatic rings. The van der Waals surface area contributed by atoms with Gasteiger partial charge in [-0.25, -0.2) is 9.97 Å². The van der Waals surface area contributed by atoms with Crippen molar-refractivity contribution in [1.82, 2.24) is 19.5 Å². The maximum atomic E-state index is 12.0. The second-order valence-corrected chi connectivity index (χ2v) is 13.7. The molecule has 1 fully saturated rings. The summed E-state index contributed by atoms with van der Waals surface area (Å²) in [6, 6.07) is 20.9. The predicted molar refractivity (Wildman–Crippen MR) is 132 cm³/mol. The molecule has 0 spiro atoms. The number of nitrogens with one attached hydrogen (secondary N) is 1. The molecule has 9 heteroatoms. The Kier molecular flexibility index (Phi) is 5.94. The lowest BCUT2D eigenvalue weighted by Crippen LogP contribution is -2.67. The Labute approximate surface area is 198 Å². The van der Waals surface area contributed by atoms with Crippen molar-refractivity contribution in [3.63, 3.8) is 0 Å². The molecule has 1 aliphatic rings. The summed E-state index contributed by atoms with van der Waals surface area (Å²) in [6.45, 7) is 7.30. The fourth-order valence-electron chi connectivity index (χ4n) is 4.71. The summed E-state index contributed by atoms with van der Waals surface area (Å²) in [5.74, 6) is 0. The van der Waals surface area contributed by atoms with Crippen molar-refractivity contribution >= 4 is 29.9 Å². The third-order valence-electron chi connectivity index (χ3n) is 6.26. The lowest BCUT2D eigenvalue weighted by atomic mass is 10.2. The number of nitrogens with zero attached hydrogens (tertiary/aromatic N) is 3. The van der Waals surface area contributed by atoms with Crippen LogP contribution in [0, 0.1) is 0 Å². The molecule has 34 heavy (non-hydrogen) atoms. The standard InChI is InChI=1S/C25H28N4O4Si/c1-25(2,3)34(18-10-6-4-7-11-18,19-12-8-5-9-13-19)32-15-21-31-14-20(33-21)29-17-28-22-23(29)26-16-27-24(22)30/h4-13,16-17,20-21H,14-15H2,1-3H3,(H,26,27,30)/t20-,21+/m0/s1. The molecule has 8 nitrogen and oxygen atoms in total. The van der Waals surface area contributed by atoms with Crippen LogP contribution in [0.2, 0.25) is 5.04 Å². The van der Waals surface area contributed by atoms with Gasteiger partial charge < -0.3 is 18.9 Å². The molecular formula is C25H28N4O4Si. The van der Waals surface area contributed by atoms with Crippen molar-refractivity contribution in [3.8, 4) is 0 Å². The highest BCUT2D eigenvalue weighted by molar-refractivity contribution is 6.99. The largest absolute Gasteiger partial charge is 0.402 e. The summed E-state index contributed by atoms with van der Waals surface area (Å²) in [7, 11) is -2.69. The lowest BCUT2D eigenvalue weighted by Gasteiger charge is -2.43. The van der Waals surface area contributed by atoms with Gasteiger partial charge in [0.25, 0.3) is 13.9 Å². The first kappa shape index (κ1) is 22.7. The van der Waals surface area contributed by atoms with Crippen LogP contribution < -0.4 is 15.9 Å². The molecule has 176 valence electrons. The molecule has 1 aliphatic heterocycles. The average molecular weight is 477 g/mol. The van der Waals surface area contributed by atoms with Gasteiger partial charge in [0.05, 0.1) is 25.9 Å². The van der Waals surface area contributed by atoms with Crippen LogP contribution in [0.15, 0.2) is 78.1 Å². The molecular weight excluding hydrogens is 448 g/mol. The maximum absolute atomic E-state index is 12.0. The first-order chi connectivity index (χ1) is 16.4. The van der Waals surface area contributed by atoms with Gasteiger partial charge in [-0.15, -0.1) is 0 Å². The summed E-state index contributed by atoms with van der Waals surface area (Å²) in [4.78, 5) is 23.0. The molecule has 1 saturated heterocycles. The van der Waals surface area contributed by atoms with Crippen molar-refractivity contribution in [2.45, 2.75) is 38.3 Å². The number of fused-ring (bicyclic) bond motifs is 1. The van der Waals surface area contributed by atoms with Gasteiger partial charge in [0, 0.05) is 0 Å². The SMILES string of the molecule is CC(C)(C)[Si](OC[C@@H]1OC[C@@H](n2cnc3c(=O)[nH]cnc32)O1)(c1ccccc1)c1ccccc1. The van der Waals surface area contributed by atoms with E-state index >= 15 is 0 Å². The van der Waals surface area contributed by atoms with E-state index in [0.29, 0.717) is 12.3 Å². The molecule has 0 aliphatic carbocycles. The smallest absolute Gasteiger partial charge is 0.278 e. The van der Waals surface area contributed by atoms with E-state index in [4.69, 9.17) is 13.9 Å². The molecule has 3 heterocycles. The van der Waals surface area contributed by atoms with Crippen LogP contribution in [0.5, 0.6) is 0 Å². The first-order valence-electron chi connectivity index (χ1n) is 11.3. The van der Waals surface area contributed by atoms with E-state index in [-0.39, 0.29) is 22.7 Å². The van der Waals surface area contributed by atoms with Gasteiger partial charge in [-0.2, -0.15) is 0 Å². The molecule has 2 aromatic heterocycles. The van der Waals surface area contributed by atoms with Crippen LogP contribution in [-0.4, -0.2) is 47.3 Å². The van der Waals surface area contributed by atoms with Gasteiger partial charge in [0.2, 0.25) is 0 Å². The number of aromatic amines is 1. The molecule has 2 atom stereocenters. The Balaban J connectivity index is 1.42. The highest BCUT2D eigenvalue weighted by Gasteiger charge is 2.50. The van der Waals surface area contributed by atoms with Gasteiger partial charge in [-0.3, -0.25) is 9.36 Å². The van der Waals surface area contributed by atoms with Crippen LogP contribution in [-0.2, 0) is 13.9 Å². The Morgan fingerprint density at radius 1 is 1.06 bits per heavy atom. The molecule has 5 rings (SSSR count). The lowest BCUT2D eigenvalue weighted by molar-refractivity contribution is -0.0943. The zero-order valence-electron chi connectivity index (χ0n) is 19.5. The van der Waals surface area contributed by atoms with Crippen molar-refractivity contribution in [1.29, 1.82) is 0 Å². The van der Waals surface area contributed by atoms with E-state index in [2.05, 4.69) is 84.3 Å². The molecule has 2 aromatic carbocycles. The van der Waals surface area contributed by atoms with E-state index in [9.17, 15) is 4.79 Å². The zero-order valence-corrected chi connectivity index (χ0v) is 20.5. The highest BCUT2D eigenvalue weighted by Crippen LogP contribution is 2.37. The summed E-state index contributed by atoms with van der Waals surface area (Å²) in [5.41, 5.74) is 0.457. The third-order valence-corrected chi connectivity index (χ3v) is 11.3. The van der Waals surface area contributed by atoms with Crippen molar-refractivity contribution in [2.75, 3.05) is 13.2 Å². The highest BCUT2D eigenvalue weighted by atomic mass is 28.4. The first-order valence-corrected chi connectivity index (χ1v) is 13.2.